The summed E-state index contributed by atoms with van der Waals surface area (Å²) in [6.45, 7) is 6.81. The zero-order chi connectivity index (χ0) is 23.8. The van der Waals surface area contributed by atoms with E-state index in [9.17, 15) is 14.4 Å². The van der Waals surface area contributed by atoms with E-state index in [-0.39, 0.29) is 11.8 Å². The normalized spacial score (nSPS) is 18.5. The van der Waals surface area contributed by atoms with Gasteiger partial charge in [-0.3, -0.25) is 15.0 Å². The first-order valence-electron chi connectivity index (χ1n) is 11.5. The number of carbonyl (C=O) groups is 3. The summed E-state index contributed by atoms with van der Waals surface area (Å²) in [6, 6.07) is 14.6. The first-order chi connectivity index (χ1) is 15.6. The standard InChI is InChI=1S/C26H31N3O4/c1-16(27-25(32)33-26(2,3)4)23(30)28-29-22-12-8-7-11-20(22)18-9-5-6-10-19(18)21(24(29)31)15-17-13-14-17/h5-12,16-17,21H,13-15H2,1-4H3,(H,27,32)(H,28,30)/t16-,21?/m0/s1. The zero-order valence-corrected chi connectivity index (χ0v) is 19.6. The van der Waals surface area contributed by atoms with Crippen LogP contribution in [0.15, 0.2) is 48.5 Å². The van der Waals surface area contributed by atoms with E-state index in [1.165, 1.54) is 5.01 Å². The first-order valence-corrected chi connectivity index (χ1v) is 11.5. The lowest BCUT2D eigenvalue weighted by Gasteiger charge is -2.28. The average molecular weight is 450 g/mol. The van der Waals surface area contributed by atoms with E-state index in [0.29, 0.717) is 11.6 Å². The second-order valence-corrected chi connectivity index (χ2v) is 9.85. The van der Waals surface area contributed by atoms with Gasteiger partial charge < -0.3 is 10.1 Å². The number of ether oxygens (including phenoxy) is 1. The number of amides is 3. The van der Waals surface area contributed by atoms with Gasteiger partial charge in [0.25, 0.3) is 11.8 Å². The Morgan fingerprint density at radius 2 is 1.70 bits per heavy atom. The molecule has 1 unspecified atom stereocenters. The number of anilines is 1. The Balaban J connectivity index is 1.62. The number of alkyl carbamates (subject to hydrolysis) is 1. The fourth-order valence-electron chi connectivity index (χ4n) is 4.14. The molecule has 0 bridgehead atoms. The number of rotatable bonds is 5. The van der Waals surface area contributed by atoms with Gasteiger partial charge in [-0.25, -0.2) is 9.80 Å². The number of nitrogens with zero attached hydrogens (tertiary/aromatic N) is 1. The van der Waals surface area contributed by atoms with E-state index in [1.54, 1.807) is 27.7 Å². The van der Waals surface area contributed by atoms with Crippen molar-refractivity contribution in [2.24, 2.45) is 5.92 Å². The van der Waals surface area contributed by atoms with Gasteiger partial charge in [-0.2, -0.15) is 0 Å². The summed E-state index contributed by atoms with van der Waals surface area (Å²) in [7, 11) is 0. The predicted molar refractivity (Wildman–Crippen MR) is 126 cm³/mol. The molecule has 1 aliphatic heterocycles. The second-order valence-electron chi connectivity index (χ2n) is 9.85. The monoisotopic (exact) mass is 449 g/mol. The van der Waals surface area contributed by atoms with Gasteiger partial charge in [0, 0.05) is 5.56 Å². The third-order valence-corrected chi connectivity index (χ3v) is 5.90. The van der Waals surface area contributed by atoms with Crippen LogP contribution in [0.5, 0.6) is 0 Å². The second kappa shape index (κ2) is 8.89. The van der Waals surface area contributed by atoms with Crippen LogP contribution < -0.4 is 15.8 Å². The Kier molecular flexibility index (Phi) is 6.15. The molecule has 0 saturated heterocycles. The van der Waals surface area contributed by atoms with Gasteiger partial charge in [-0.05, 0) is 57.2 Å². The molecular weight excluding hydrogens is 418 g/mol. The highest BCUT2D eigenvalue weighted by Gasteiger charge is 2.38. The summed E-state index contributed by atoms with van der Waals surface area (Å²) in [5.74, 6) is -0.494. The number of carbonyl (C=O) groups excluding carboxylic acids is 3. The largest absolute Gasteiger partial charge is 0.444 e. The minimum atomic E-state index is -0.896. The number of hydrazine groups is 1. The lowest BCUT2D eigenvalue weighted by molar-refractivity contribution is -0.127. The van der Waals surface area contributed by atoms with E-state index in [0.717, 1.165) is 36.0 Å². The fraction of sp³-hybridized carbons (Fsp3) is 0.423. The number of para-hydroxylation sites is 1. The molecule has 2 aliphatic rings. The highest BCUT2D eigenvalue weighted by molar-refractivity contribution is 6.07. The lowest BCUT2D eigenvalue weighted by atomic mass is 9.88. The van der Waals surface area contributed by atoms with E-state index >= 15 is 0 Å². The third-order valence-electron chi connectivity index (χ3n) is 5.90. The molecule has 0 radical (unpaired) electrons. The van der Waals surface area contributed by atoms with Gasteiger partial charge in [0.2, 0.25) is 0 Å². The van der Waals surface area contributed by atoms with E-state index < -0.39 is 23.6 Å². The van der Waals surface area contributed by atoms with Crippen molar-refractivity contribution in [2.45, 2.75) is 64.5 Å². The summed E-state index contributed by atoms with van der Waals surface area (Å²) < 4.78 is 5.25. The van der Waals surface area contributed by atoms with Gasteiger partial charge in [0.15, 0.2) is 0 Å². The van der Waals surface area contributed by atoms with Crippen LogP contribution in [-0.2, 0) is 14.3 Å². The number of hydrogen-bond acceptors (Lipinski definition) is 4. The quantitative estimate of drug-likeness (QED) is 0.702. The highest BCUT2D eigenvalue weighted by atomic mass is 16.6. The van der Waals surface area contributed by atoms with Gasteiger partial charge in [0.05, 0.1) is 11.6 Å². The minimum Gasteiger partial charge on any atom is -0.444 e. The Morgan fingerprint density at radius 3 is 2.36 bits per heavy atom. The van der Waals surface area contributed by atoms with Crippen molar-refractivity contribution in [3.63, 3.8) is 0 Å². The molecule has 1 heterocycles. The van der Waals surface area contributed by atoms with Crippen molar-refractivity contribution in [1.29, 1.82) is 0 Å². The average Bonchev–Trinajstić information content (AvgIpc) is 3.58. The molecule has 4 rings (SSSR count). The molecule has 7 nitrogen and oxygen atoms in total. The Bertz CT molecular complexity index is 1070. The summed E-state index contributed by atoms with van der Waals surface area (Å²) in [4.78, 5) is 38.9. The van der Waals surface area contributed by atoms with Crippen molar-refractivity contribution in [3.8, 4) is 11.1 Å². The maximum atomic E-state index is 13.8. The van der Waals surface area contributed by atoms with E-state index in [4.69, 9.17) is 4.74 Å². The molecule has 3 amide bonds. The van der Waals surface area contributed by atoms with Crippen LogP contribution in [0.2, 0.25) is 0 Å². The molecule has 2 atom stereocenters. The van der Waals surface area contributed by atoms with Crippen LogP contribution in [-0.4, -0.2) is 29.6 Å². The number of fused-ring (bicyclic) bond motifs is 3. The van der Waals surface area contributed by atoms with Crippen LogP contribution in [0.3, 0.4) is 0 Å². The van der Waals surface area contributed by atoms with Crippen LogP contribution in [0.1, 0.15) is 58.4 Å². The van der Waals surface area contributed by atoms with Crippen LogP contribution >= 0.6 is 0 Å². The van der Waals surface area contributed by atoms with Crippen LogP contribution in [0.25, 0.3) is 11.1 Å². The molecule has 1 saturated carbocycles. The molecule has 1 aliphatic carbocycles. The van der Waals surface area contributed by atoms with Crippen molar-refractivity contribution in [1.82, 2.24) is 10.7 Å². The number of hydrogen-bond donors (Lipinski definition) is 2. The molecule has 1 fully saturated rings. The van der Waals surface area contributed by atoms with Gasteiger partial charge in [0.1, 0.15) is 11.6 Å². The smallest absolute Gasteiger partial charge is 0.408 e. The van der Waals surface area contributed by atoms with Crippen LogP contribution in [0, 0.1) is 5.92 Å². The first kappa shape index (κ1) is 22.8. The molecule has 2 aromatic rings. The lowest BCUT2D eigenvalue weighted by Crippen LogP contribution is -2.54. The fourth-order valence-corrected chi connectivity index (χ4v) is 4.14. The van der Waals surface area contributed by atoms with E-state index in [2.05, 4.69) is 10.7 Å². The molecule has 0 aromatic heterocycles. The van der Waals surface area contributed by atoms with Crippen molar-refractivity contribution >= 4 is 23.6 Å². The number of benzene rings is 2. The molecule has 33 heavy (non-hydrogen) atoms. The summed E-state index contributed by atoms with van der Waals surface area (Å²) in [5.41, 5.74) is 5.57. The topological polar surface area (TPSA) is 87.7 Å². The molecule has 2 aromatic carbocycles. The maximum Gasteiger partial charge on any atom is 0.408 e. The molecule has 0 spiro atoms. The Morgan fingerprint density at radius 1 is 1.06 bits per heavy atom. The van der Waals surface area contributed by atoms with Crippen molar-refractivity contribution in [3.05, 3.63) is 54.1 Å². The summed E-state index contributed by atoms with van der Waals surface area (Å²) >= 11 is 0. The molecule has 7 heteroatoms. The SMILES string of the molecule is C[C@H](NC(=O)OC(C)(C)C)C(=O)NN1C(=O)C(CC2CC2)c2ccccc2-c2ccccc21. The zero-order valence-electron chi connectivity index (χ0n) is 19.6. The van der Waals surface area contributed by atoms with Crippen LogP contribution in [0.4, 0.5) is 10.5 Å². The van der Waals surface area contributed by atoms with Gasteiger partial charge in [-0.1, -0.05) is 55.3 Å². The third kappa shape index (κ3) is 5.18. The minimum absolute atomic E-state index is 0.169. The van der Waals surface area contributed by atoms with Crippen molar-refractivity contribution < 1.29 is 19.1 Å². The van der Waals surface area contributed by atoms with Gasteiger partial charge in [-0.15, -0.1) is 0 Å². The highest BCUT2D eigenvalue weighted by Crippen LogP contribution is 2.45. The van der Waals surface area contributed by atoms with Gasteiger partial charge >= 0.3 is 6.09 Å². The summed E-state index contributed by atoms with van der Waals surface area (Å²) in [5, 5.41) is 3.90. The Labute approximate surface area is 194 Å². The Hall–Kier alpha value is -3.35. The molecule has 2 N–H and O–H groups in total. The molecule has 174 valence electrons. The number of nitrogens with one attached hydrogen (secondary N) is 2. The van der Waals surface area contributed by atoms with Crippen molar-refractivity contribution in [2.75, 3.05) is 5.01 Å². The molecular formula is C26H31N3O4. The maximum absolute atomic E-state index is 13.8. The summed E-state index contributed by atoms with van der Waals surface area (Å²) in [6.07, 6.45) is 2.32. The predicted octanol–water partition coefficient (Wildman–Crippen LogP) is 4.53. The van der Waals surface area contributed by atoms with E-state index in [1.807, 2.05) is 48.5 Å².